The fourth-order valence-corrected chi connectivity index (χ4v) is 4.71. The van der Waals surface area contributed by atoms with E-state index >= 15 is 0 Å². The van der Waals surface area contributed by atoms with Crippen LogP contribution in [0.1, 0.15) is 37.4 Å². The van der Waals surface area contributed by atoms with Gasteiger partial charge in [0.25, 0.3) is 0 Å². The number of imidazole rings is 1. The van der Waals surface area contributed by atoms with Crippen LogP contribution in [0.4, 0.5) is 21.0 Å². The van der Waals surface area contributed by atoms with Gasteiger partial charge in [-0.3, -0.25) is 19.1 Å². The highest BCUT2D eigenvalue weighted by Gasteiger charge is 2.42. The number of carbonyl (C=O) groups excluding carboxylic acids is 1. The summed E-state index contributed by atoms with van der Waals surface area (Å²) in [5, 5.41) is 17.1. The zero-order valence-corrected chi connectivity index (χ0v) is 21.0. The van der Waals surface area contributed by atoms with Gasteiger partial charge in [0.05, 0.1) is 24.0 Å². The lowest BCUT2D eigenvalue weighted by atomic mass is 10.1. The number of aromatic nitrogens is 7. The lowest BCUT2D eigenvalue weighted by Gasteiger charge is -2.38. The molecule has 13 nitrogen and oxygen atoms in total. The third-order valence-electron chi connectivity index (χ3n) is 6.55. The van der Waals surface area contributed by atoms with E-state index in [1.807, 2.05) is 33.6 Å². The van der Waals surface area contributed by atoms with Gasteiger partial charge < -0.3 is 20.1 Å². The monoisotopic (exact) mass is 524 g/mol. The van der Waals surface area contributed by atoms with E-state index < -0.39 is 24.5 Å². The topological polar surface area (TPSA) is 140 Å². The standard InChI is InChI=1S/C24H29FN10O3/c1-14(2)28-24(36)38-18-13-37-22(21(18)25)17-8-19(32-31-17)30-23-26-6-4-20-29-15(10-34(20)23)9-33-11-16(12-33)35-7-3-5-27-35/h3-8,10,14,16,18,21-22H,9,11-13H2,1-2H3,(H,28,36)(H2,26,30,31,32)/t18-,21-,22-/m0/s1. The summed E-state index contributed by atoms with van der Waals surface area (Å²) >= 11 is 0. The summed E-state index contributed by atoms with van der Waals surface area (Å²) in [6.45, 7) is 6.11. The van der Waals surface area contributed by atoms with Crippen LogP contribution in [0.15, 0.2) is 43.0 Å². The van der Waals surface area contributed by atoms with Crippen LogP contribution in [-0.4, -0.2) is 83.4 Å². The molecule has 6 heterocycles. The highest BCUT2D eigenvalue weighted by molar-refractivity contribution is 5.67. The van der Waals surface area contributed by atoms with Crippen molar-refractivity contribution in [2.45, 2.75) is 50.9 Å². The Kier molecular flexibility index (Phi) is 6.41. The second-order valence-corrected chi connectivity index (χ2v) is 9.84. The average molecular weight is 525 g/mol. The van der Waals surface area contributed by atoms with Gasteiger partial charge in [0.15, 0.2) is 18.1 Å². The van der Waals surface area contributed by atoms with Crippen molar-refractivity contribution in [2.75, 3.05) is 25.0 Å². The quantitative estimate of drug-likeness (QED) is 0.317. The van der Waals surface area contributed by atoms with Crippen molar-refractivity contribution in [1.29, 1.82) is 0 Å². The first-order valence-electron chi connectivity index (χ1n) is 12.5. The van der Waals surface area contributed by atoms with E-state index in [0.29, 0.717) is 23.5 Å². The maximum atomic E-state index is 15.0. The molecule has 2 aliphatic rings. The number of ether oxygens (including phenoxy) is 2. The molecule has 0 spiro atoms. The number of anilines is 2. The summed E-state index contributed by atoms with van der Waals surface area (Å²) in [5.41, 5.74) is 2.10. The van der Waals surface area contributed by atoms with Crippen LogP contribution in [-0.2, 0) is 16.0 Å². The minimum Gasteiger partial charge on any atom is -0.441 e. The maximum absolute atomic E-state index is 15.0. The third kappa shape index (κ3) is 4.91. The number of hydrogen-bond donors (Lipinski definition) is 3. The van der Waals surface area contributed by atoms with Crippen molar-refractivity contribution in [3.05, 3.63) is 54.4 Å². The predicted molar refractivity (Wildman–Crippen MR) is 134 cm³/mol. The van der Waals surface area contributed by atoms with Crippen molar-refractivity contribution < 1.29 is 18.7 Å². The van der Waals surface area contributed by atoms with Gasteiger partial charge >= 0.3 is 6.09 Å². The normalized spacial score (nSPS) is 22.2. The summed E-state index contributed by atoms with van der Waals surface area (Å²) in [5.74, 6) is 0.964. The second-order valence-electron chi connectivity index (χ2n) is 9.84. The van der Waals surface area contributed by atoms with Crippen LogP contribution in [0.5, 0.6) is 0 Å². The fraction of sp³-hybridized carbons (Fsp3) is 0.458. The van der Waals surface area contributed by atoms with E-state index in [4.69, 9.17) is 14.5 Å². The number of nitrogens with one attached hydrogen (secondary N) is 3. The number of likely N-dealkylation sites (tertiary alicyclic amines) is 1. The number of alkyl halides is 1. The molecule has 1 amide bonds. The molecule has 0 saturated carbocycles. The number of alkyl carbamates (subject to hydrolysis) is 1. The number of rotatable bonds is 8. The number of hydrogen-bond acceptors (Lipinski definition) is 9. The van der Waals surface area contributed by atoms with Crippen LogP contribution < -0.4 is 10.6 Å². The van der Waals surface area contributed by atoms with Crippen LogP contribution in [0.25, 0.3) is 5.65 Å². The molecule has 2 saturated heterocycles. The molecule has 4 aromatic heterocycles. The van der Waals surface area contributed by atoms with Crippen molar-refractivity contribution in [3.8, 4) is 0 Å². The van der Waals surface area contributed by atoms with E-state index in [1.165, 1.54) is 0 Å². The first-order valence-corrected chi connectivity index (χ1v) is 12.5. The lowest BCUT2D eigenvalue weighted by Crippen LogP contribution is -2.47. The van der Waals surface area contributed by atoms with Crippen molar-refractivity contribution >= 4 is 23.5 Å². The predicted octanol–water partition coefficient (Wildman–Crippen LogP) is 2.36. The number of H-pyrrole nitrogens is 1. The minimum absolute atomic E-state index is 0.0441. The number of fused-ring (bicyclic) bond motifs is 1. The van der Waals surface area contributed by atoms with Gasteiger partial charge in [0.1, 0.15) is 11.8 Å². The van der Waals surface area contributed by atoms with Crippen LogP contribution >= 0.6 is 0 Å². The van der Waals surface area contributed by atoms with Gasteiger partial charge in [0.2, 0.25) is 5.95 Å². The Bertz CT molecular complexity index is 1400. The van der Waals surface area contributed by atoms with Gasteiger partial charge in [0, 0.05) is 56.5 Å². The summed E-state index contributed by atoms with van der Waals surface area (Å²) in [7, 11) is 0. The molecule has 4 aromatic rings. The Morgan fingerprint density at radius 1 is 1.34 bits per heavy atom. The first kappa shape index (κ1) is 24.3. The molecule has 14 heteroatoms. The molecule has 0 unspecified atom stereocenters. The van der Waals surface area contributed by atoms with E-state index in [9.17, 15) is 9.18 Å². The van der Waals surface area contributed by atoms with Gasteiger partial charge in [-0.05, 0) is 26.0 Å². The molecule has 3 atom stereocenters. The zero-order chi connectivity index (χ0) is 26.2. The van der Waals surface area contributed by atoms with Crippen molar-refractivity contribution in [1.82, 2.24) is 44.6 Å². The molecule has 38 heavy (non-hydrogen) atoms. The summed E-state index contributed by atoms with van der Waals surface area (Å²) in [6.07, 6.45) is 3.26. The number of aromatic amines is 1. The number of amides is 1. The molecular weight excluding hydrogens is 495 g/mol. The average Bonchev–Trinajstić information content (AvgIpc) is 3.64. The first-order chi connectivity index (χ1) is 18.4. The van der Waals surface area contributed by atoms with E-state index in [1.54, 1.807) is 32.3 Å². The van der Waals surface area contributed by atoms with Gasteiger partial charge in [-0.2, -0.15) is 10.2 Å². The third-order valence-corrected chi connectivity index (χ3v) is 6.55. The van der Waals surface area contributed by atoms with Crippen molar-refractivity contribution in [3.63, 3.8) is 0 Å². The molecule has 2 fully saturated rings. The van der Waals surface area contributed by atoms with E-state index in [2.05, 4.69) is 35.8 Å². The molecule has 0 aromatic carbocycles. The molecule has 3 N–H and O–H groups in total. The van der Waals surface area contributed by atoms with Gasteiger partial charge in [-0.25, -0.2) is 19.2 Å². The Morgan fingerprint density at radius 3 is 3.00 bits per heavy atom. The van der Waals surface area contributed by atoms with E-state index in [0.717, 1.165) is 31.0 Å². The summed E-state index contributed by atoms with van der Waals surface area (Å²) in [6, 6.07) is 5.71. The Balaban J connectivity index is 1.09. The lowest BCUT2D eigenvalue weighted by molar-refractivity contribution is 0.0615. The number of carbonyl (C=O) groups is 1. The van der Waals surface area contributed by atoms with Gasteiger partial charge in [-0.15, -0.1) is 0 Å². The Hall–Kier alpha value is -4.04. The zero-order valence-electron chi connectivity index (χ0n) is 21.0. The SMILES string of the molecule is CC(C)NC(=O)O[C@H]1CO[C@@H](c2cc(Nc3nccc4nc(CN5CC(n6cccn6)C5)cn34)n[nH]2)[C@H]1F. The molecule has 2 aliphatic heterocycles. The Labute approximate surface area is 217 Å². The summed E-state index contributed by atoms with van der Waals surface area (Å²) < 4.78 is 29.6. The molecule has 0 radical (unpaired) electrons. The fourth-order valence-electron chi connectivity index (χ4n) is 4.71. The van der Waals surface area contributed by atoms with E-state index in [-0.39, 0.29) is 12.6 Å². The smallest absolute Gasteiger partial charge is 0.407 e. The Morgan fingerprint density at radius 2 is 2.21 bits per heavy atom. The number of nitrogens with zero attached hydrogens (tertiary/aromatic N) is 7. The highest BCUT2D eigenvalue weighted by Crippen LogP contribution is 2.33. The second kappa shape index (κ2) is 10.0. The summed E-state index contributed by atoms with van der Waals surface area (Å²) in [4.78, 5) is 23.3. The molecule has 0 aliphatic carbocycles. The van der Waals surface area contributed by atoms with Gasteiger partial charge in [-0.1, -0.05) is 0 Å². The van der Waals surface area contributed by atoms with Crippen LogP contribution in [0.3, 0.4) is 0 Å². The molecular formula is C24H29FN10O3. The minimum atomic E-state index is -1.53. The van der Waals surface area contributed by atoms with Crippen molar-refractivity contribution in [2.24, 2.45) is 0 Å². The van der Waals surface area contributed by atoms with Crippen LogP contribution in [0.2, 0.25) is 0 Å². The molecule has 200 valence electrons. The molecule has 6 rings (SSSR count). The largest absolute Gasteiger partial charge is 0.441 e. The molecule has 0 bridgehead atoms. The highest BCUT2D eigenvalue weighted by atomic mass is 19.1. The van der Waals surface area contributed by atoms with Crippen LogP contribution in [0, 0.1) is 0 Å². The number of halogens is 1. The maximum Gasteiger partial charge on any atom is 0.407 e.